The molecule has 0 amide bonds. The van der Waals surface area contributed by atoms with Crippen molar-refractivity contribution in [3.05, 3.63) is 204 Å². The average molecular weight is 701 g/mol. The molecule has 52 heavy (non-hydrogen) atoms. The van der Waals surface area contributed by atoms with Crippen molar-refractivity contribution in [2.75, 3.05) is 6.54 Å². The Kier molecular flexibility index (Phi) is 6.73. The lowest BCUT2D eigenvalue weighted by Crippen LogP contribution is -2.36. The predicted octanol–water partition coefficient (Wildman–Crippen LogP) is 12.3. The van der Waals surface area contributed by atoms with Crippen LogP contribution in [-0.2, 0) is 5.41 Å². The molecule has 1 N–H and O–H groups in total. The molecule has 1 unspecified atom stereocenters. The highest BCUT2D eigenvalue weighted by Crippen LogP contribution is 2.62. The zero-order valence-electron chi connectivity index (χ0n) is 28.2. The molecule has 4 heteroatoms. The SMILES string of the molecule is C1=CCNC(c2ccc3c(c2)Sc2ccccc2C32c3ccccc3Sc3ccc(-c4ccc5c6ccccc6n(-c6ccccc6)c5c4)cc32)=C1. The maximum atomic E-state index is 3.58. The lowest BCUT2D eigenvalue weighted by molar-refractivity contribution is 0.667. The number of benzene rings is 7. The van der Waals surface area contributed by atoms with Crippen LogP contribution in [0.1, 0.15) is 27.8 Å². The van der Waals surface area contributed by atoms with E-state index in [1.807, 2.05) is 23.5 Å². The summed E-state index contributed by atoms with van der Waals surface area (Å²) in [6.07, 6.45) is 6.50. The molecule has 1 atom stereocenters. The molecule has 246 valence electrons. The summed E-state index contributed by atoms with van der Waals surface area (Å²) in [6.45, 7) is 0.849. The Morgan fingerprint density at radius 1 is 0.481 bits per heavy atom. The normalized spacial score (nSPS) is 16.9. The Balaban J connectivity index is 1.17. The molecule has 0 radical (unpaired) electrons. The number of nitrogens with one attached hydrogen (secondary N) is 1. The molecule has 0 saturated heterocycles. The van der Waals surface area contributed by atoms with E-state index in [-0.39, 0.29) is 0 Å². The van der Waals surface area contributed by atoms with E-state index < -0.39 is 5.41 Å². The summed E-state index contributed by atoms with van der Waals surface area (Å²) >= 11 is 3.80. The van der Waals surface area contributed by atoms with Crippen LogP contribution in [0.4, 0.5) is 0 Å². The first kappa shape index (κ1) is 30.0. The molecule has 0 saturated carbocycles. The van der Waals surface area contributed by atoms with Crippen LogP contribution in [0.2, 0.25) is 0 Å². The molecule has 1 spiro atoms. The smallest absolute Gasteiger partial charge is 0.0745 e. The molecule has 7 aromatic carbocycles. The average Bonchev–Trinajstić information content (AvgIpc) is 3.55. The van der Waals surface area contributed by atoms with Crippen LogP contribution in [0.5, 0.6) is 0 Å². The van der Waals surface area contributed by atoms with Crippen LogP contribution in [0, 0.1) is 0 Å². The third kappa shape index (κ3) is 4.35. The van der Waals surface area contributed by atoms with Crippen molar-refractivity contribution in [1.82, 2.24) is 9.88 Å². The van der Waals surface area contributed by atoms with Gasteiger partial charge < -0.3 is 9.88 Å². The van der Waals surface area contributed by atoms with E-state index >= 15 is 0 Å². The van der Waals surface area contributed by atoms with Crippen LogP contribution in [0.3, 0.4) is 0 Å². The zero-order valence-corrected chi connectivity index (χ0v) is 29.8. The van der Waals surface area contributed by atoms with Crippen LogP contribution < -0.4 is 5.32 Å². The number of aromatic nitrogens is 1. The van der Waals surface area contributed by atoms with Gasteiger partial charge in [0.25, 0.3) is 0 Å². The first-order valence-corrected chi connectivity index (χ1v) is 19.4. The van der Waals surface area contributed by atoms with Crippen molar-refractivity contribution in [2.24, 2.45) is 0 Å². The van der Waals surface area contributed by atoms with Gasteiger partial charge in [-0.1, -0.05) is 139 Å². The van der Waals surface area contributed by atoms with Crippen LogP contribution >= 0.6 is 23.5 Å². The topological polar surface area (TPSA) is 17.0 Å². The Labute approximate surface area is 311 Å². The zero-order chi connectivity index (χ0) is 34.2. The van der Waals surface area contributed by atoms with Gasteiger partial charge in [0.15, 0.2) is 0 Å². The first-order valence-electron chi connectivity index (χ1n) is 17.8. The van der Waals surface area contributed by atoms with Crippen LogP contribution in [0.15, 0.2) is 196 Å². The summed E-state index contributed by atoms with van der Waals surface area (Å²) in [5.41, 5.74) is 13.4. The molecular formula is C48H32N2S2. The standard InChI is InChI=1S/C48H32N2S2/c1-2-12-34(13-3-1)50-42-18-7-4-14-35(42)36-24-21-32(29-43(36)50)31-23-26-46-40(28-31)48(37-15-5-8-19-44(37)51-46)38-16-6-9-20-45(38)52-47-30-33(22-25-39(47)48)41-17-10-11-27-49-41/h1-26,28-30,49H,27H2. The van der Waals surface area contributed by atoms with Gasteiger partial charge in [0.1, 0.15) is 0 Å². The van der Waals surface area contributed by atoms with Gasteiger partial charge in [0.05, 0.1) is 16.4 Å². The van der Waals surface area contributed by atoms with Gasteiger partial charge in [-0.3, -0.25) is 0 Å². The quantitative estimate of drug-likeness (QED) is 0.198. The highest BCUT2D eigenvalue weighted by atomic mass is 32.2. The fourth-order valence-corrected chi connectivity index (χ4v) is 11.1. The molecule has 8 aromatic rings. The van der Waals surface area contributed by atoms with E-state index in [4.69, 9.17) is 0 Å². The van der Waals surface area contributed by atoms with E-state index in [0.717, 1.165) is 6.54 Å². The summed E-state index contributed by atoms with van der Waals surface area (Å²) < 4.78 is 2.41. The van der Waals surface area contributed by atoms with Crippen molar-refractivity contribution >= 4 is 51.0 Å². The number of allylic oxidation sites excluding steroid dienone is 2. The lowest BCUT2D eigenvalue weighted by atomic mass is 9.64. The first-order chi connectivity index (χ1) is 25.8. The summed E-state index contributed by atoms with van der Waals surface area (Å²) in [5, 5.41) is 6.12. The molecule has 4 heterocycles. The minimum absolute atomic E-state index is 0.472. The fraction of sp³-hybridized carbons (Fsp3) is 0.0417. The third-order valence-electron chi connectivity index (χ3n) is 10.9. The fourth-order valence-electron chi connectivity index (χ4n) is 8.68. The maximum absolute atomic E-state index is 3.58. The third-order valence-corrected chi connectivity index (χ3v) is 13.2. The highest BCUT2D eigenvalue weighted by molar-refractivity contribution is 8.00. The molecule has 3 aliphatic rings. The van der Waals surface area contributed by atoms with Gasteiger partial charge in [-0.05, 0) is 99.6 Å². The summed E-state index contributed by atoms with van der Waals surface area (Å²) in [5.74, 6) is 0. The van der Waals surface area contributed by atoms with Gasteiger partial charge in [-0.25, -0.2) is 0 Å². The van der Waals surface area contributed by atoms with Crippen LogP contribution in [0.25, 0.3) is 44.3 Å². The summed E-state index contributed by atoms with van der Waals surface area (Å²) in [4.78, 5) is 5.24. The number of dihydropyridines is 1. The molecule has 3 aliphatic heterocycles. The molecule has 1 aromatic heterocycles. The molecule has 0 aliphatic carbocycles. The predicted molar refractivity (Wildman–Crippen MR) is 218 cm³/mol. The van der Waals surface area contributed by atoms with E-state index in [1.54, 1.807) is 0 Å². The van der Waals surface area contributed by atoms with Crippen molar-refractivity contribution in [2.45, 2.75) is 25.0 Å². The van der Waals surface area contributed by atoms with Gasteiger partial charge in [-0.2, -0.15) is 0 Å². The number of fused-ring (bicyclic) bond motifs is 11. The highest BCUT2D eigenvalue weighted by Gasteiger charge is 2.48. The number of rotatable bonds is 3. The Bertz CT molecular complexity index is 2800. The second kappa shape index (κ2) is 11.7. The minimum atomic E-state index is -0.472. The van der Waals surface area contributed by atoms with Crippen LogP contribution in [-0.4, -0.2) is 11.1 Å². The van der Waals surface area contributed by atoms with Gasteiger partial charge in [-0.15, -0.1) is 0 Å². The van der Waals surface area contributed by atoms with Crippen molar-refractivity contribution in [1.29, 1.82) is 0 Å². The number of hydrogen-bond donors (Lipinski definition) is 1. The summed E-state index contributed by atoms with van der Waals surface area (Å²) in [6, 6.07) is 59.0. The van der Waals surface area contributed by atoms with Crippen molar-refractivity contribution < 1.29 is 0 Å². The largest absolute Gasteiger partial charge is 0.381 e. The van der Waals surface area contributed by atoms with E-state index in [2.05, 4.69) is 186 Å². The second-order valence-corrected chi connectivity index (χ2v) is 15.8. The number of nitrogens with zero attached hydrogens (tertiary/aromatic N) is 1. The molecule has 0 bridgehead atoms. The maximum Gasteiger partial charge on any atom is 0.0745 e. The van der Waals surface area contributed by atoms with Crippen molar-refractivity contribution in [3.8, 4) is 16.8 Å². The number of hydrogen-bond acceptors (Lipinski definition) is 3. The van der Waals surface area contributed by atoms with E-state index in [0.29, 0.717) is 0 Å². The molecule has 11 rings (SSSR count). The Hall–Kier alpha value is -5.68. The second-order valence-electron chi connectivity index (χ2n) is 13.7. The van der Waals surface area contributed by atoms with E-state index in [1.165, 1.54) is 91.7 Å². The molecule has 0 fully saturated rings. The van der Waals surface area contributed by atoms with Gasteiger partial charge in [0, 0.05) is 48.3 Å². The summed E-state index contributed by atoms with van der Waals surface area (Å²) in [7, 11) is 0. The monoisotopic (exact) mass is 700 g/mol. The molecule has 2 nitrogen and oxygen atoms in total. The minimum Gasteiger partial charge on any atom is -0.381 e. The van der Waals surface area contributed by atoms with E-state index in [9.17, 15) is 0 Å². The Morgan fingerprint density at radius 3 is 1.92 bits per heavy atom. The lowest BCUT2D eigenvalue weighted by Gasteiger charge is -2.45. The van der Waals surface area contributed by atoms with Gasteiger partial charge >= 0.3 is 0 Å². The Morgan fingerprint density at radius 2 is 1.12 bits per heavy atom. The van der Waals surface area contributed by atoms with Crippen molar-refractivity contribution in [3.63, 3.8) is 0 Å². The van der Waals surface area contributed by atoms with Gasteiger partial charge in [0.2, 0.25) is 0 Å². The number of para-hydroxylation sites is 2. The molecular weight excluding hydrogens is 669 g/mol.